The van der Waals surface area contributed by atoms with Crippen LogP contribution in [0, 0.1) is 0 Å². The van der Waals surface area contributed by atoms with E-state index in [4.69, 9.17) is 9.84 Å². The standard InChI is InChI=1S/C16H22N2O4/c1-12(9-10-19)18-16(21)8-7-15(20)17-11-13-3-5-14(22-2)6-4-13/h3-8,12,19H,9-11H2,1-2H3,(H,17,20)(H,18,21). The molecule has 1 aromatic rings. The Kier molecular flexibility index (Phi) is 7.70. The molecule has 1 aromatic carbocycles. The van der Waals surface area contributed by atoms with Crippen molar-refractivity contribution in [1.82, 2.24) is 10.6 Å². The van der Waals surface area contributed by atoms with E-state index in [1.165, 1.54) is 12.2 Å². The van der Waals surface area contributed by atoms with Gasteiger partial charge in [-0.2, -0.15) is 0 Å². The van der Waals surface area contributed by atoms with Crippen LogP contribution in [0.15, 0.2) is 36.4 Å². The predicted molar refractivity (Wildman–Crippen MR) is 83.3 cm³/mol. The van der Waals surface area contributed by atoms with E-state index in [-0.39, 0.29) is 24.5 Å². The summed E-state index contributed by atoms with van der Waals surface area (Å²) in [5, 5.41) is 14.1. The van der Waals surface area contributed by atoms with Gasteiger partial charge in [0, 0.05) is 31.3 Å². The summed E-state index contributed by atoms with van der Waals surface area (Å²) in [6.45, 7) is 2.16. The Balaban J connectivity index is 2.35. The predicted octanol–water partition coefficient (Wildman–Crippen LogP) is 0.755. The van der Waals surface area contributed by atoms with Crippen LogP contribution < -0.4 is 15.4 Å². The van der Waals surface area contributed by atoms with Crippen LogP contribution in [0.1, 0.15) is 18.9 Å². The monoisotopic (exact) mass is 306 g/mol. The largest absolute Gasteiger partial charge is 0.497 e. The van der Waals surface area contributed by atoms with Gasteiger partial charge in [0.05, 0.1) is 7.11 Å². The first-order valence-corrected chi connectivity index (χ1v) is 7.05. The van der Waals surface area contributed by atoms with E-state index in [2.05, 4.69) is 10.6 Å². The normalized spacial score (nSPS) is 12.0. The molecule has 0 fully saturated rings. The molecule has 0 aliphatic heterocycles. The molecule has 120 valence electrons. The van der Waals surface area contributed by atoms with Crippen molar-refractivity contribution in [3.8, 4) is 5.75 Å². The summed E-state index contributed by atoms with van der Waals surface area (Å²) in [5.41, 5.74) is 0.934. The molecule has 22 heavy (non-hydrogen) atoms. The minimum absolute atomic E-state index is 0.00745. The molecule has 6 nitrogen and oxygen atoms in total. The van der Waals surface area contributed by atoms with Crippen molar-refractivity contribution in [2.24, 2.45) is 0 Å². The Bertz CT molecular complexity index is 511. The lowest BCUT2D eigenvalue weighted by Crippen LogP contribution is -2.32. The van der Waals surface area contributed by atoms with Gasteiger partial charge in [-0.05, 0) is 31.0 Å². The van der Waals surface area contributed by atoms with Gasteiger partial charge in [-0.25, -0.2) is 0 Å². The summed E-state index contributed by atoms with van der Waals surface area (Å²) in [7, 11) is 1.59. The number of aliphatic hydroxyl groups is 1. The van der Waals surface area contributed by atoms with Crippen molar-refractivity contribution in [3.05, 3.63) is 42.0 Å². The molecule has 0 heterocycles. The fourth-order valence-electron chi connectivity index (χ4n) is 1.70. The highest BCUT2D eigenvalue weighted by molar-refractivity contribution is 5.96. The van der Waals surface area contributed by atoms with Crippen molar-refractivity contribution < 1.29 is 19.4 Å². The number of benzene rings is 1. The van der Waals surface area contributed by atoms with Gasteiger partial charge in [-0.1, -0.05) is 12.1 Å². The number of hydrogen-bond acceptors (Lipinski definition) is 4. The molecule has 3 N–H and O–H groups in total. The Morgan fingerprint density at radius 2 is 1.86 bits per heavy atom. The van der Waals surface area contributed by atoms with E-state index in [0.717, 1.165) is 11.3 Å². The van der Waals surface area contributed by atoms with E-state index in [9.17, 15) is 9.59 Å². The fourth-order valence-corrected chi connectivity index (χ4v) is 1.70. The van der Waals surface area contributed by atoms with Gasteiger partial charge in [0.15, 0.2) is 0 Å². The summed E-state index contributed by atoms with van der Waals surface area (Å²) in [6.07, 6.45) is 2.84. The Morgan fingerprint density at radius 3 is 2.45 bits per heavy atom. The van der Waals surface area contributed by atoms with Gasteiger partial charge < -0.3 is 20.5 Å². The van der Waals surface area contributed by atoms with Crippen LogP contribution in [0.3, 0.4) is 0 Å². The summed E-state index contributed by atoms with van der Waals surface area (Å²) < 4.78 is 5.05. The van der Waals surface area contributed by atoms with Crippen LogP contribution in [0.2, 0.25) is 0 Å². The number of carbonyl (C=O) groups excluding carboxylic acids is 2. The molecular weight excluding hydrogens is 284 g/mol. The molecular formula is C16H22N2O4. The van der Waals surface area contributed by atoms with Crippen molar-refractivity contribution in [3.63, 3.8) is 0 Å². The minimum atomic E-state index is -0.361. The van der Waals surface area contributed by atoms with Crippen molar-refractivity contribution >= 4 is 11.8 Å². The maximum absolute atomic E-state index is 11.6. The van der Waals surface area contributed by atoms with Crippen LogP contribution in [0.25, 0.3) is 0 Å². The van der Waals surface area contributed by atoms with Gasteiger partial charge in [0.25, 0.3) is 0 Å². The fraction of sp³-hybridized carbons (Fsp3) is 0.375. The number of aliphatic hydroxyl groups excluding tert-OH is 1. The quantitative estimate of drug-likeness (QED) is 0.619. The number of amides is 2. The molecule has 0 saturated carbocycles. The second-order valence-electron chi connectivity index (χ2n) is 4.82. The van der Waals surface area contributed by atoms with Crippen molar-refractivity contribution in [2.45, 2.75) is 25.9 Å². The number of ether oxygens (including phenoxy) is 1. The molecule has 0 aromatic heterocycles. The number of nitrogens with one attached hydrogen (secondary N) is 2. The topological polar surface area (TPSA) is 87.7 Å². The van der Waals surface area contributed by atoms with Gasteiger partial charge in [-0.15, -0.1) is 0 Å². The highest BCUT2D eigenvalue weighted by Crippen LogP contribution is 2.10. The van der Waals surface area contributed by atoms with Gasteiger partial charge in [-0.3, -0.25) is 9.59 Å². The zero-order valence-electron chi connectivity index (χ0n) is 12.8. The molecule has 2 amide bonds. The maximum atomic E-state index is 11.6. The number of carbonyl (C=O) groups is 2. The van der Waals surface area contributed by atoms with Gasteiger partial charge in [0.2, 0.25) is 11.8 Å². The first-order chi connectivity index (χ1) is 10.5. The molecule has 0 aliphatic carbocycles. The number of hydrogen-bond donors (Lipinski definition) is 3. The zero-order valence-corrected chi connectivity index (χ0v) is 12.8. The van der Waals surface area contributed by atoms with Crippen LogP contribution in [0.4, 0.5) is 0 Å². The summed E-state index contributed by atoms with van der Waals surface area (Å²) in [4.78, 5) is 23.1. The summed E-state index contributed by atoms with van der Waals surface area (Å²) >= 11 is 0. The van der Waals surface area contributed by atoms with Crippen LogP contribution >= 0.6 is 0 Å². The molecule has 0 bridgehead atoms. The average molecular weight is 306 g/mol. The molecule has 1 atom stereocenters. The van der Waals surface area contributed by atoms with Crippen LogP contribution in [0.5, 0.6) is 5.75 Å². The smallest absolute Gasteiger partial charge is 0.244 e. The second-order valence-corrected chi connectivity index (χ2v) is 4.82. The first-order valence-electron chi connectivity index (χ1n) is 7.05. The zero-order chi connectivity index (χ0) is 16.4. The number of methoxy groups -OCH3 is 1. The Hall–Kier alpha value is -2.34. The third-order valence-electron chi connectivity index (χ3n) is 2.96. The third-order valence-corrected chi connectivity index (χ3v) is 2.96. The SMILES string of the molecule is COc1ccc(CNC(=O)C=CC(=O)NC(C)CCO)cc1. The minimum Gasteiger partial charge on any atom is -0.497 e. The van der Waals surface area contributed by atoms with E-state index in [1.54, 1.807) is 14.0 Å². The van der Waals surface area contributed by atoms with Crippen molar-refractivity contribution in [2.75, 3.05) is 13.7 Å². The maximum Gasteiger partial charge on any atom is 0.244 e. The lowest BCUT2D eigenvalue weighted by Gasteiger charge is -2.09. The molecule has 1 unspecified atom stereocenters. The van der Waals surface area contributed by atoms with Gasteiger partial charge in [0.1, 0.15) is 5.75 Å². The average Bonchev–Trinajstić information content (AvgIpc) is 2.51. The highest BCUT2D eigenvalue weighted by atomic mass is 16.5. The summed E-state index contributed by atoms with van der Waals surface area (Å²) in [6, 6.07) is 7.20. The van der Waals surface area contributed by atoms with E-state index < -0.39 is 0 Å². The molecule has 0 aliphatic rings. The van der Waals surface area contributed by atoms with E-state index >= 15 is 0 Å². The highest BCUT2D eigenvalue weighted by Gasteiger charge is 2.04. The molecule has 0 saturated heterocycles. The Morgan fingerprint density at radius 1 is 1.23 bits per heavy atom. The van der Waals surface area contributed by atoms with Crippen LogP contribution in [-0.2, 0) is 16.1 Å². The Labute approximate surface area is 130 Å². The second kappa shape index (κ2) is 9.57. The van der Waals surface area contributed by atoms with E-state index in [0.29, 0.717) is 13.0 Å². The lowest BCUT2D eigenvalue weighted by molar-refractivity contribution is -0.119. The van der Waals surface area contributed by atoms with E-state index in [1.807, 2.05) is 24.3 Å². The van der Waals surface area contributed by atoms with Gasteiger partial charge >= 0.3 is 0 Å². The van der Waals surface area contributed by atoms with Crippen molar-refractivity contribution in [1.29, 1.82) is 0 Å². The number of rotatable bonds is 8. The summed E-state index contributed by atoms with van der Waals surface area (Å²) in [5.74, 6) is 0.0463. The van der Waals surface area contributed by atoms with Crippen LogP contribution in [-0.4, -0.2) is 36.7 Å². The molecule has 1 rings (SSSR count). The molecule has 0 radical (unpaired) electrons. The lowest BCUT2D eigenvalue weighted by atomic mass is 10.2. The molecule has 0 spiro atoms. The molecule has 6 heteroatoms. The third kappa shape index (κ3) is 6.90. The first kappa shape index (κ1) is 17.7.